The number of alkyl halides is 1. The van der Waals surface area contributed by atoms with E-state index in [2.05, 4.69) is 4.74 Å². The summed E-state index contributed by atoms with van der Waals surface area (Å²) in [5, 5.41) is 17.6. The molecular formula is C7H11FO4. The van der Waals surface area contributed by atoms with Gasteiger partial charge in [0.05, 0.1) is 7.11 Å². The van der Waals surface area contributed by atoms with Crippen molar-refractivity contribution >= 4 is 5.97 Å². The Morgan fingerprint density at radius 3 is 2.67 bits per heavy atom. The number of rotatable bonds is 4. The minimum atomic E-state index is -1.49. The van der Waals surface area contributed by atoms with Crippen molar-refractivity contribution in [3.63, 3.8) is 0 Å². The standard InChI is InChI=1S/C7H11FO4/c1-12-7(11)3-2-5(9)6(10)4-8/h2-3,5-6,9-10H,4H2,1H3/b3-2+/t5-,6-/m1/s1. The van der Waals surface area contributed by atoms with Crippen LogP contribution >= 0.6 is 0 Å². The number of carbonyl (C=O) groups excluding carboxylic acids is 1. The van der Waals surface area contributed by atoms with Crippen molar-refractivity contribution in [2.75, 3.05) is 13.8 Å². The molecule has 0 aliphatic carbocycles. The molecule has 0 heterocycles. The highest BCUT2D eigenvalue weighted by Gasteiger charge is 2.12. The maximum atomic E-state index is 11.7. The molecule has 0 saturated carbocycles. The van der Waals surface area contributed by atoms with Crippen LogP contribution in [0.4, 0.5) is 4.39 Å². The normalized spacial score (nSPS) is 16.0. The summed E-state index contributed by atoms with van der Waals surface area (Å²) in [6.07, 6.45) is -0.986. The fourth-order valence-electron chi connectivity index (χ4n) is 0.465. The van der Waals surface area contributed by atoms with Crippen LogP contribution in [-0.4, -0.2) is 42.2 Å². The molecule has 0 aromatic carbocycles. The van der Waals surface area contributed by atoms with Gasteiger partial charge in [-0.1, -0.05) is 0 Å². The third-order valence-corrected chi connectivity index (χ3v) is 1.18. The monoisotopic (exact) mass is 178 g/mol. The van der Waals surface area contributed by atoms with E-state index in [1.54, 1.807) is 0 Å². The first-order valence-corrected chi connectivity index (χ1v) is 3.30. The zero-order valence-electron chi connectivity index (χ0n) is 6.61. The minimum Gasteiger partial charge on any atom is -0.466 e. The second-order valence-electron chi connectivity index (χ2n) is 2.09. The Morgan fingerprint density at radius 2 is 2.25 bits per heavy atom. The van der Waals surface area contributed by atoms with Crippen molar-refractivity contribution in [2.24, 2.45) is 0 Å². The summed E-state index contributed by atoms with van der Waals surface area (Å²) in [6.45, 7) is -1.06. The summed E-state index contributed by atoms with van der Waals surface area (Å²) in [5.41, 5.74) is 0. The number of esters is 1. The van der Waals surface area contributed by atoms with Crippen LogP contribution in [0.3, 0.4) is 0 Å². The lowest BCUT2D eigenvalue weighted by Gasteiger charge is -2.08. The summed E-state index contributed by atoms with van der Waals surface area (Å²) in [4.78, 5) is 10.4. The van der Waals surface area contributed by atoms with Crippen molar-refractivity contribution in [1.82, 2.24) is 0 Å². The van der Waals surface area contributed by atoms with Crippen LogP contribution in [0.25, 0.3) is 0 Å². The predicted octanol–water partition coefficient (Wildman–Crippen LogP) is -0.593. The number of aliphatic hydroxyl groups excluding tert-OH is 2. The molecule has 0 rings (SSSR count). The van der Waals surface area contributed by atoms with Gasteiger partial charge in [0.25, 0.3) is 0 Å². The first-order valence-electron chi connectivity index (χ1n) is 3.30. The first kappa shape index (κ1) is 11.1. The Hall–Kier alpha value is -0.940. The molecule has 0 radical (unpaired) electrons. The molecule has 2 atom stereocenters. The van der Waals surface area contributed by atoms with E-state index in [0.29, 0.717) is 0 Å². The molecule has 0 aromatic heterocycles. The number of halogens is 1. The van der Waals surface area contributed by atoms with E-state index in [-0.39, 0.29) is 0 Å². The highest BCUT2D eigenvalue weighted by Crippen LogP contribution is 1.96. The molecule has 0 fully saturated rings. The van der Waals surface area contributed by atoms with Gasteiger partial charge < -0.3 is 14.9 Å². The molecule has 4 nitrogen and oxygen atoms in total. The van der Waals surface area contributed by atoms with Crippen LogP contribution in [0, 0.1) is 0 Å². The molecule has 12 heavy (non-hydrogen) atoms. The van der Waals surface area contributed by atoms with Gasteiger partial charge in [-0.05, 0) is 6.08 Å². The largest absolute Gasteiger partial charge is 0.466 e. The second-order valence-corrected chi connectivity index (χ2v) is 2.09. The van der Waals surface area contributed by atoms with Crippen LogP contribution in [0.5, 0.6) is 0 Å². The fraction of sp³-hybridized carbons (Fsp3) is 0.571. The molecule has 0 bridgehead atoms. The lowest BCUT2D eigenvalue weighted by atomic mass is 10.2. The summed E-state index contributed by atoms with van der Waals surface area (Å²) >= 11 is 0. The van der Waals surface area contributed by atoms with E-state index in [1.165, 1.54) is 7.11 Å². The molecule has 0 aromatic rings. The molecule has 0 aliphatic rings. The van der Waals surface area contributed by atoms with Gasteiger partial charge in [0, 0.05) is 6.08 Å². The van der Waals surface area contributed by atoms with E-state index in [1.807, 2.05) is 0 Å². The van der Waals surface area contributed by atoms with Crippen molar-refractivity contribution in [1.29, 1.82) is 0 Å². The Bertz CT molecular complexity index is 169. The van der Waals surface area contributed by atoms with Crippen molar-refractivity contribution in [3.05, 3.63) is 12.2 Å². The van der Waals surface area contributed by atoms with Crippen LogP contribution in [0.2, 0.25) is 0 Å². The van der Waals surface area contributed by atoms with Crippen LogP contribution < -0.4 is 0 Å². The Morgan fingerprint density at radius 1 is 1.67 bits per heavy atom. The quantitative estimate of drug-likeness (QED) is 0.446. The molecule has 0 unspecified atom stereocenters. The number of aliphatic hydroxyl groups is 2. The maximum absolute atomic E-state index is 11.7. The van der Waals surface area contributed by atoms with Crippen LogP contribution in [0.15, 0.2) is 12.2 Å². The summed E-state index contributed by atoms with van der Waals surface area (Å²) in [5.74, 6) is -0.667. The molecule has 5 heteroatoms. The van der Waals surface area contributed by atoms with E-state index in [0.717, 1.165) is 12.2 Å². The third-order valence-electron chi connectivity index (χ3n) is 1.18. The first-order chi connectivity index (χ1) is 5.61. The highest BCUT2D eigenvalue weighted by atomic mass is 19.1. The predicted molar refractivity (Wildman–Crippen MR) is 39.1 cm³/mol. The second kappa shape index (κ2) is 5.68. The lowest BCUT2D eigenvalue weighted by Crippen LogP contribution is -2.25. The lowest BCUT2D eigenvalue weighted by molar-refractivity contribution is -0.134. The third kappa shape index (κ3) is 4.05. The average Bonchev–Trinajstić information content (AvgIpc) is 2.11. The van der Waals surface area contributed by atoms with Gasteiger partial charge in [0.1, 0.15) is 18.9 Å². The number of methoxy groups -OCH3 is 1. The average molecular weight is 178 g/mol. The van der Waals surface area contributed by atoms with Gasteiger partial charge in [-0.25, -0.2) is 9.18 Å². The fourth-order valence-corrected chi connectivity index (χ4v) is 0.465. The number of carbonyl (C=O) groups is 1. The molecular weight excluding hydrogens is 167 g/mol. The molecule has 0 spiro atoms. The van der Waals surface area contributed by atoms with Crippen molar-refractivity contribution < 1.29 is 24.1 Å². The van der Waals surface area contributed by atoms with Crippen LogP contribution in [-0.2, 0) is 9.53 Å². The molecule has 0 saturated heterocycles. The maximum Gasteiger partial charge on any atom is 0.330 e. The van der Waals surface area contributed by atoms with E-state index < -0.39 is 24.9 Å². The smallest absolute Gasteiger partial charge is 0.330 e. The summed E-state index contributed by atoms with van der Waals surface area (Å²) in [6, 6.07) is 0. The molecule has 0 aliphatic heterocycles. The Labute approximate surface area is 69.3 Å². The Kier molecular flexibility index (Phi) is 5.23. The van der Waals surface area contributed by atoms with E-state index in [4.69, 9.17) is 10.2 Å². The van der Waals surface area contributed by atoms with Crippen LogP contribution in [0.1, 0.15) is 0 Å². The van der Waals surface area contributed by atoms with Gasteiger partial charge >= 0.3 is 5.97 Å². The zero-order chi connectivity index (χ0) is 9.56. The van der Waals surface area contributed by atoms with E-state index in [9.17, 15) is 9.18 Å². The number of hydrogen-bond donors (Lipinski definition) is 2. The summed E-state index contributed by atoms with van der Waals surface area (Å²) < 4.78 is 15.9. The van der Waals surface area contributed by atoms with Crippen molar-refractivity contribution in [2.45, 2.75) is 12.2 Å². The van der Waals surface area contributed by atoms with E-state index >= 15 is 0 Å². The SMILES string of the molecule is COC(=O)/C=C/[C@@H](O)[C@H](O)CF. The molecule has 0 amide bonds. The van der Waals surface area contributed by atoms with Gasteiger partial charge in [0.15, 0.2) is 0 Å². The van der Waals surface area contributed by atoms with Gasteiger partial charge in [-0.15, -0.1) is 0 Å². The van der Waals surface area contributed by atoms with Gasteiger partial charge in [-0.2, -0.15) is 0 Å². The molecule has 2 N–H and O–H groups in total. The van der Waals surface area contributed by atoms with Gasteiger partial charge in [-0.3, -0.25) is 0 Å². The van der Waals surface area contributed by atoms with Crippen molar-refractivity contribution in [3.8, 4) is 0 Å². The Balaban J connectivity index is 3.90. The number of hydrogen-bond acceptors (Lipinski definition) is 4. The topological polar surface area (TPSA) is 66.8 Å². The summed E-state index contributed by atoms with van der Waals surface area (Å²) in [7, 11) is 1.17. The molecule has 70 valence electrons. The highest BCUT2D eigenvalue weighted by molar-refractivity contribution is 5.81. The van der Waals surface area contributed by atoms with Gasteiger partial charge in [0.2, 0.25) is 0 Å². The number of ether oxygens (including phenoxy) is 1. The minimum absolute atomic E-state index is 0.667. The zero-order valence-corrected chi connectivity index (χ0v) is 6.61.